The van der Waals surface area contributed by atoms with Crippen LogP contribution in [0.25, 0.3) is 0 Å². The van der Waals surface area contributed by atoms with Crippen LogP contribution in [0.2, 0.25) is 0 Å². The van der Waals surface area contributed by atoms with E-state index < -0.39 is 5.91 Å². The van der Waals surface area contributed by atoms with Crippen molar-refractivity contribution >= 4 is 40.4 Å². The summed E-state index contributed by atoms with van der Waals surface area (Å²) in [6, 6.07) is 20.6. The lowest BCUT2D eigenvalue weighted by atomic mass is 10.1. The largest absolute Gasteiger partial charge is 0.346 e. The lowest BCUT2D eigenvalue weighted by Crippen LogP contribution is -2.23. The van der Waals surface area contributed by atoms with E-state index in [9.17, 15) is 14.4 Å². The molecule has 2 heterocycles. The predicted molar refractivity (Wildman–Crippen MR) is 129 cm³/mol. The monoisotopic (exact) mass is 456 g/mol. The normalized spacial score (nSPS) is 10.3. The van der Waals surface area contributed by atoms with Crippen LogP contribution in [0.3, 0.4) is 0 Å². The Morgan fingerprint density at radius 2 is 1.64 bits per heavy atom. The van der Waals surface area contributed by atoms with Crippen LogP contribution in [0.1, 0.15) is 36.8 Å². The number of para-hydroxylation sites is 1. The number of carbonyl (C=O) groups is 3. The average molecular weight is 457 g/mol. The van der Waals surface area contributed by atoms with Crippen molar-refractivity contribution in [1.82, 2.24) is 10.3 Å². The molecule has 0 saturated heterocycles. The van der Waals surface area contributed by atoms with Crippen molar-refractivity contribution in [3.05, 3.63) is 112 Å². The Labute approximate surface area is 194 Å². The van der Waals surface area contributed by atoms with Crippen molar-refractivity contribution in [2.75, 3.05) is 10.6 Å². The summed E-state index contributed by atoms with van der Waals surface area (Å²) in [6.45, 7) is 0.299. The first kappa shape index (κ1) is 21.9. The highest BCUT2D eigenvalue weighted by molar-refractivity contribution is 7.08. The molecule has 0 aliphatic rings. The van der Waals surface area contributed by atoms with E-state index in [4.69, 9.17) is 0 Å². The van der Waals surface area contributed by atoms with Gasteiger partial charge in [-0.1, -0.05) is 24.3 Å². The van der Waals surface area contributed by atoms with Gasteiger partial charge in [0.15, 0.2) is 0 Å². The molecule has 0 radical (unpaired) electrons. The minimum Gasteiger partial charge on any atom is -0.346 e. The Morgan fingerprint density at radius 3 is 2.42 bits per heavy atom. The fourth-order valence-electron chi connectivity index (χ4n) is 3.09. The quantitative estimate of drug-likeness (QED) is 0.379. The number of nitrogens with one attached hydrogen (secondary N) is 3. The Hall–Kier alpha value is -4.30. The van der Waals surface area contributed by atoms with Crippen LogP contribution in [0.5, 0.6) is 0 Å². The molecule has 0 aliphatic heterocycles. The third kappa shape index (κ3) is 5.69. The Bertz CT molecular complexity index is 1270. The molecule has 0 bridgehead atoms. The number of hydrogen-bond donors (Lipinski definition) is 3. The minimum atomic E-state index is -0.401. The van der Waals surface area contributed by atoms with Crippen molar-refractivity contribution in [3.63, 3.8) is 0 Å². The average Bonchev–Trinajstić information content (AvgIpc) is 3.39. The highest BCUT2D eigenvalue weighted by atomic mass is 32.1. The molecule has 4 rings (SSSR count). The standard InChI is InChI=1S/C25H20N4O3S/c30-23(27-15-20-7-3-4-12-26-20)17-6-5-8-19(14-17)28-25(32)21-9-1-2-10-22(21)29-24(31)18-11-13-33-16-18/h1-14,16H,15H2,(H,27,30)(H,28,32)(H,29,31). The van der Waals surface area contributed by atoms with Gasteiger partial charge in [-0.2, -0.15) is 11.3 Å². The zero-order chi connectivity index (χ0) is 23.0. The fraction of sp³-hybridized carbons (Fsp3) is 0.0400. The lowest BCUT2D eigenvalue weighted by molar-refractivity contribution is 0.0948. The first-order valence-electron chi connectivity index (χ1n) is 10.1. The van der Waals surface area contributed by atoms with E-state index in [2.05, 4.69) is 20.9 Å². The molecule has 2 aromatic heterocycles. The number of hydrogen-bond acceptors (Lipinski definition) is 5. The van der Waals surface area contributed by atoms with Gasteiger partial charge in [-0.15, -0.1) is 0 Å². The van der Waals surface area contributed by atoms with Crippen LogP contribution in [-0.4, -0.2) is 22.7 Å². The smallest absolute Gasteiger partial charge is 0.257 e. The van der Waals surface area contributed by atoms with E-state index in [1.807, 2.05) is 23.6 Å². The number of carbonyl (C=O) groups excluding carboxylic acids is 3. The molecule has 8 heteroatoms. The van der Waals surface area contributed by atoms with E-state index in [0.717, 1.165) is 5.69 Å². The molecule has 0 atom stereocenters. The summed E-state index contributed by atoms with van der Waals surface area (Å²) in [5, 5.41) is 11.9. The minimum absolute atomic E-state index is 0.278. The second-order valence-electron chi connectivity index (χ2n) is 7.05. The second-order valence-corrected chi connectivity index (χ2v) is 7.83. The fourth-order valence-corrected chi connectivity index (χ4v) is 3.73. The maximum absolute atomic E-state index is 12.9. The molecule has 164 valence electrons. The van der Waals surface area contributed by atoms with Gasteiger partial charge in [-0.25, -0.2) is 0 Å². The van der Waals surface area contributed by atoms with Crippen LogP contribution in [0.4, 0.5) is 11.4 Å². The molecule has 0 spiro atoms. The van der Waals surface area contributed by atoms with Crippen molar-refractivity contribution in [3.8, 4) is 0 Å². The van der Waals surface area contributed by atoms with Crippen molar-refractivity contribution in [1.29, 1.82) is 0 Å². The van der Waals surface area contributed by atoms with Gasteiger partial charge >= 0.3 is 0 Å². The first-order chi connectivity index (χ1) is 16.1. The van der Waals surface area contributed by atoms with Crippen LogP contribution in [-0.2, 0) is 6.54 Å². The van der Waals surface area contributed by atoms with Gasteiger partial charge in [0, 0.05) is 22.8 Å². The number of nitrogens with zero attached hydrogens (tertiary/aromatic N) is 1. The van der Waals surface area contributed by atoms with Gasteiger partial charge in [0.1, 0.15) is 0 Å². The SMILES string of the molecule is O=C(NCc1ccccn1)c1cccc(NC(=O)c2ccccc2NC(=O)c2ccsc2)c1. The molecule has 0 fully saturated rings. The topological polar surface area (TPSA) is 100 Å². The Balaban J connectivity index is 1.44. The summed E-state index contributed by atoms with van der Waals surface area (Å²) < 4.78 is 0. The van der Waals surface area contributed by atoms with Gasteiger partial charge in [0.25, 0.3) is 17.7 Å². The molecule has 33 heavy (non-hydrogen) atoms. The summed E-state index contributed by atoms with van der Waals surface area (Å²) in [7, 11) is 0. The first-order valence-corrected chi connectivity index (χ1v) is 11.1. The molecule has 0 aliphatic carbocycles. The van der Waals surface area contributed by atoms with Crippen molar-refractivity contribution < 1.29 is 14.4 Å². The number of amides is 3. The maximum Gasteiger partial charge on any atom is 0.257 e. The highest BCUT2D eigenvalue weighted by Crippen LogP contribution is 2.20. The second kappa shape index (κ2) is 10.3. The zero-order valence-corrected chi connectivity index (χ0v) is 18.3. The van der Waals surface area contributed by atoms with Crippen LogP contribution in [0.15, 0.2) is 89.8 Å². The lowest BCUT2D eigenvalue weighted by Gasteiger charge is -2.12. The summed E-state index contributed by atoms with van der Waals surface area (Å²) in [6.07, 6.45) is 1.66. The molecule has 0 saturated carbocycles. The van der Waals surface area contributed by atoms with E-state index in [1.54, 1.807) is 66.2 Å². The summed E-state index contributed by atoms with van der Waals surface area (Å²) in [5.41, 5.74) is 2.85. The maximum atomic E-state index is 12.9. The van der Waals surface area contributed by atoms with Crippen LogP contribution >= 0.6 is 11.3 Å². The Kier molecular flexibility index (Phi) is 6.87. The number of pyridine rings is 1. The molecular weight excluding hydrogens is 436 g/mol. The molecule has 7 nitrogen and oxygen atoms in total. The van der Waals surface area contributed by atoms with Gasteiger partial charge in [0.2, 0.25) is 0 Å². The molecule has 3 amide bonds. The third-order valence-corrected chi connectivity index (χ3v) is 5.43. The molecule has 0 unspecified atom stereocenters. The molecule has 2 aromatic carbocycles. The van der Waals surface area contributed by atoms with E-state index in [0.29, 0.717) is 34.6 Å². The van der Waals surface area contributed by atoms with Gasteiger partial charge in [0.05, 0.1) is 29.1 Å². The highest BCUT2D eigenvalue weighted by Gasteiger charge is 2.15. The zero-order valence-electron chi connectivity index (χ0n) is 17.4. The van der Waals surface area contributed by atoms with Crippen LogP contribution < -0.4 is 16.0 Å². The van der Waals surface area contributed by atoms with Gasteiger partial charge < -0.3 is 16.0 Å². The summed E-state index contributed by atoms with van der Waals surface area (Å²) in [4.78, 5) is 42.0. The summed E-state index contributed by atoms with van der Waals surface area (Å²) in [5.74, 6) is -0.967. The van der Waals surface area contributed by atoms with E-state index in [-0.39, 0.29) is 11.8 Å². The number of aromatic nitrogens is 1. The molecule has 4 aromatic rings. The Morgan fingerprint density at radius 1 is 0.788 bits per heavy atom. The summed E-state index contributed by atoms with van der Waals surface area (Å²) >= 11 is 1.42. The van der Waals surface area contributed by atoms with Gasteiger partial charge in [-0.05, 0) is 53.9 Å². The van der Waals surface area contributed by atoms with Crippen molar-refractivity contribution in [2.45, 2.75) is 6.54 Å². The number of rotatable bonds is 7. The van der Waals surface area contributed by atoms with Gasteiger partial charge in [-0.3, -0.25) is 19.4 Å². The van der Waals surface area contributed by atoms with E-state index in [1.165, 1.54) is 11.3 Å². The van der Waals surface area contributed by atoms with Crippen LogP contribution in [0, 0.1) is 0 Å². The number of benzene rings is 2. The third-order valence-electron chi connectivity index (χ3n) is 4.74. The van der Waals surface area contributed by atoms with Crippen molar-refractivity contribution in [2.24, 2.45) is 0 Å². The number of thiophene rings is 1. The van der Waals surface area contributed by atoms with E-state index >= 15 is 0 Å². The molecule has 3 N–H and O–H groups in total. The molecular formula is C25H20N4O3S. The number of anilines is 2. The predicted octanol–water partition coefficient (Wildman–Crippen LogP) is 4.58.